The minimum absolute atomic E-state index is 0.169. The van der Waals surface area contributed by atoms with Crippen LogP contribution in [0.3, 0.4) is 0 Å². The number of ether oxygens (including phenoxy) is 1. The predicted molar refractivity (Wildman–Crippen MR) is 141 cm³/mol. The Hall–Kier alpha value is -4.01. The lowest BCUT2D eigenvalue weighted by molar-refractivity contribution is 0.376. The van der Waals surface area contributed by atoms with E-state index in [1.807, 2.05) is 24.3 Å². The summed E-state index contributed by atoms with van der Waals surface area (Å²) in [6, 6.07) is 26.0. The molecule has 0 aliphatic carbocycles. The normalized spacial score (nSPS) is 12.8. The van der Waals surface area contributed by atoms with Crippen LogP contribution in [0.5, 0.6) is 5.75 Å². The van der Waals surface area contributed by atoms with Gasteiger partial charge in [-0.1, -0.05) is 54.6 Å². The van der Waals surface area contributed by atoms with E-state index < -0.39 is 16.1 Å². The van der Waals surface area contributed by atoms with Crippen LogP contribution >= 0.6 is 0 Å². The molecule has 5 aromatic rings. The SMILES string of the molecule is COc1ccccc1-n1c(C(C)N(C)S(=O)(=O)c2ccc3ccccc3c2)nc2ccccc2c1=O. The quantitative estimate of drug-likeness (QED) is 0.331. The van der Waals surface area contributed by atoms with Crippen LogP contribution < -0.4 is 10.3 Å². The number of fused-ring (bicyclic) bond motifs is 2. The summed E-state index contributed by atoms with van der Waals surface area (Å²) in [5.74, 6) is 0.764. The summed E-state index contributed by atoms with van der Waals surface area (Å²) in [6.07, 6.45) is 0. The molecule has 0 aliphatic heterocycles. The number of aromatic nitrogens is 2. The van der Waals surface area contributed by atoms with Crippen LogP contribution in [0.2, 0.25) is 0 Å². The number of para-hydroxylation sites is 3. The lowest BCUT2D eigenvalue weighted by atomic mass is 10.1. The average molecular weight is 500 g/mol. The molecule has 0 saturated carbocycles. The summed E-state index contributed by atoms with van der Waals surface area (Å²) >= 11 is 0. The molecule has 0 amide bonds. The van der Waals surface area contributed by atoms with Crippen molar-refractivity contribution >= 4 is 31.7 Å². The molecule has 1 atom stereocenters. The molecule has 0 fully saturated rings. The Kier molecular flexibility index (Phi) is 6.07. The Balaban J connectivity index is 1.69. The van der Waals surface area contributed by atoms with Gasteiger partial charge in [0.2, 0.25) is 10.0 Å². The van der Waals surface area contributed by atoms with Gasteiger partial charge in [-0.3, -0.25) is 9.36 Å². The monoisotopic (exact) mass is 499 g/mol. The van der Waals surface area contributed by atoms with Gasteiger partial charge in [-0.05, 0) is 54.1 Å². The topological polar surface area (TPSA) is 81.5 Å². The third-order valence-corrected chi connectivity index (χ3v) is 8.37. The maximum absolute atomic E-state index is 13.7. The highest BCUT2D eigenvalue weighted by Crippen LogP contribution is 2.30. The zero-order valence-electron chi connectivity index (χ0n) is 20.1. The summed E-state index contributed by atoms with van der Waals surface area (Å²) in [4.78, 5) is 18.6. The molecule has 0 bridgehead atoms. The van der Waals surface area contributed by atoms with Crippen molar-refractivity contribution in [3.8, 4) is 11.4 Å². The van der Waals surface area contributed by atoms with Crippen LogP contribution in [0.15, 0.2) is 101 Å². The van der Waals surface area contributed by atoms with Crippen molar-refractivity contribution in [2.24, 2.45) is 0 Å². The van der Waals surface area contributed by atoms with E-state index in [0.29, 0.717) is 22.3 Å². The predicted octanol–water partition coefficient (Wildman–Crippen LogP) is 4.93. The number of methoxy groups -OCH3 is 1. The van der Waals surface area contributed by atoms with Crippen molar-refractivity contribution in [1.82, 2.24) is 13.9 Å². The molecule has 0 radical (unpaired) electrons. The number of sulfonamides is 1. The fraction of sp³-hybridized carbons (Fsp3) is 0.143. The highest BCUT2D eigenvalue weighted by molar-refractivity contribution is 7.89. The van der Waals surface area contributed by atoms with Crippen molar-refractivity contribution in [3.63, 3.8) is 0 Å². The van der Waals surface area contributed by atoms with Crippen molar-refractivity contribution in [2.75, 3.05) is 14.2 Å². The van der Waals surface area contributed by atoms with Gasteiger partial charge in [0.1, 0.15) is 11.6 Å². The van der Waals surface area contributed by atoms with Crippen LogP contribution in [0, 0.1) is 0 Å². The molecule has 5 rings (SSSR count). The Morgan fingerprint density at radius 3 is 2.33 bits per heavy atom. The van der Waals surface area contributed by atoms with E-state index in [-0.39, 0.29) is 16.3 Å². The minimum Gasteiger partial charge on any atom is -0.495 e. The molecular weight excluding hydrogens is 474 g/mol. The minimum atomic E-state index is -3.91. The van der Waals surface area contributed by atoms with Crippen molar-refractivity contribution in [2.45, 2.75) is 17.9 Å². The third kappa shape index (κ3) is 3.94. The van der Waals surface area contributed by atoms with Gasteiger partial charge in [0, 0.05) is 7.05 Å². The molecule has 0 aliphatic rings. The first kappa shape index (κ1) is 23.7. The molecule has 0 N–H and O–H groups in total. The highest BCUT2D eigenvalue weighted by Gasteiger charge is 2.30. The maximum atomic E-state index is 13.7. The van der Waals surface area contributed by atoms with Gasteiger partial charge in [0.05, 0.1) is 34.6 Å². The molecule has 182 valence electrons. The van der Waals surface area contributed by atoms with Crippen LogP contribution in [-0.4, -0.2) is 36.4 Å². The molecule has 1 heterocycles. The van der Waals surface area contributed by atoms with Crippen LogP contribution in [0.25, 0.3) is 27.4 Å². The number of rotatable bonds is 6. The Labute approximate surface area is 209 Å². The molecule has 0 spiro atoms. The molecule has 8 heteroatoms. The van der Waals surface area contributed by atoms with Crippen molar-refractivity contribution < 1.29 is 13.2 Å². The van der Waals surface area contributed by atoms with E-state index in [2.05, 4.69) is 0 Å². The average Bonchev–Trinajstić information content (AvgIpc) is 2.91. The molecule has 1 aromatic heterocycles. The van der Waals surface area contributed by atoms with Gasteiger partial charge in [-0.25, -0.2) is 13.4 Å². The van der Waals surface area contributed by atoms with Crippen LogP contribution in [0.1, 0.15) is 18.8 Å². The molecular formula is C28H25N3O4S. The first-order chi connectivity index (χ1) is 17.3. The summed E-state index contributed by atoms with van der Waals surface area (Å²) in [5.41, 5.74) is 0.678. The maximum Gasteiger partial charge on any atom is 0.266 e. The van der Waals surface area contributed by atoms with E-state index in [1.165, 1.54) is 23.0 Å². The molecule has 1 unspecified atom stereocenters. The zero-order chi connectivity index (χ0) is 25.4. The second kappa shape index (κ2) is 9.22. The molecule has 4 aromatic carbocycles. The van der Waals surface area contributed by atoms with Gasteiger partial charge in [-0.15, -0.1) is 0 Å². The van der Waals surface area contributed by atoms with E-state index in [1.54, 1.807) is 73.7 Å². The summed E-state index contributed by atoms with van der Waals surface area (Å²) in [7, 11) is -0.883. The second-order valence-corrected chi connectivity index (χ2v) is 10.5. The Morgan fingerprint density at radius 2 is 1.56 bits per heavy atom. The van der Waals surface area contributed by atoms with Gasteiger partial charge in [0.15, 0.2) is 0 Å². The first-order valence-corrected chi connectivity index (χ1v) is 12.9. The van der Waals surface area contributed by atoms with E-state index in [9.17, 15) is 13.2 Å². The standard InChI is InChI=1S/C28H25N3O4S/c1-19(30(2)36(33,34)22-17-16-20-10-4-5-11-21(20)18-22)27-29-24-13-7-6-12-23(24)28(32)31(27)25-14-8-9-15-26(25)35-3/h4-19H,1-3H3. The number of hydrogen-bond donors (Lipinski definition) is 0. The van der Waals surface area contributed by atoms with Crippen LogP contribution in [0.4, 0.5) is 0 Å². The van der Waals surface area contributed by atoms with E-state index in [0.717, 1.165) is 10.8 Å². The molecule has 7 nitrogen and oxygen atoms in total. The fourth-order valence-corrected chi connectivity index (χ4v) is 5.70. The summed E-state index contributed by atoms with van der Waals surface area (Å²) in [5, 5.41) is 2.21. The largest absolute Gasteiger partial charge is 0.495 e. The number of benzene rings is 4. The fourth-order valence-electron chi connectivity index (χ4n) is 4.34. The zero-order valence-corrected chi connectivity index (χ0v) is 20.9. The Bertz CT molecular complexity index is 1760. The Morgan fingerprint density at radius 1 is 0.889 bits per heavy atom. The van der Waals surface area contributed by atoms with E-state index >= 15 is 0 Å². The molecule has 0 saturated heterocycles. The number of nitrogens with zero attached hydrogens (tertiary/aromatic N) is 3. The summed E-state index contributed by atoms with van der Waals surface area (Å²) < 4.78 is 35.6. The lowest BCUT2D eigenvalue weighted by Gasteiger charge is -2.27. The van der Waals surface area contributed by atoms with E-state index in [4.69, 9.17) is 9.72 Å². The third-order valence-electron chi connectivity index (χ3n) is 6.44. The second-order valence-electron chi connectivity index (χ2n) is 8.51. The summed E-state index contributed by atoms with van der Waals surface area (Å²) in [6.45, 7) is 1.72. The lowest BCUT2D eigenvalue weighted by Crippen LogP contribution is -2.35. The first-order valence-electron chi connectivity index (χ1n) is 11.4. The smallest absolute Gasteiger partial charge is 0.266 e. The number of hydrogen-bond acceptors (Lipinski definition) is 5. The van der Waals surface area contributed by atoms with Crippen molar-refractivity contribution in [3.05, 3.63) is 107 Å². The van der Waals surface area contributed by atoms with Gasteiger partial charge in [0.25, 0.3) is 5.56 Å². The van der Waals surface area contributed by atoms with Gasteiger partial charge >= 0.3 is 0 Å². The van der Waals surface area contributed by atoms with Gasteiger partial charge < -0.3 is 4.74 Å². The van der Waals surface area contributed by atoms with Gasteiger partial charge in [-0.2, -0.15) is 4.31 Å². The van der Waals surface area contributed by atoms with Crippen LogP contribution in [-0.2, 0) is 10.0 Å². The molecule has 36 heavy (non-hydrogen) atoms. The highest BCUT2D eigenvalue weighted by atomic mass is 32.2. The van der Waals surface area contributed by atoms with Crippen molar-refractivity contribution in [1.29, 1.82) is 0 Å².